The molecule has 0 aliphatic rings. The predicted molar refractivity (Wildman–Crippen MR) is 42.1 cm³/mol. The van der Waals surface area contributed by atoms with E-state index in [1.54, 1.807) is 0 Å². The fraction of sp³-hybridized carbons (Fsp3) is 0.250. The van der Waals surface area contributed by atoms with E-state index in [1.165, 1.54) is 6.08 Å². The Labute approximate surface area is 73.7 Å². The third-order valence-electron chi connectivity index (χ3n) is 0.361. The number of rotatable bonds is 3. The molecular weight excluding hydrogens is 210 g/mol. The van der Waals surface area contributed by atoms with Gasteiger partial charge in [-0.3, -0.25) is 4.52 Å². The van der Waals surface area contributed by atoms with E-state index in [4.69, 9.17) is 19.7 Å². The van der Waals surface area contributed by atoms with Crippen molar-refractivity contribution in [3.8, 4) is 0 Å². The second kappa shape index (κ2) is 7.27. The van der Waals surface area contributed by atoms with Crippen molar-refractivity contribution < 1.29 is 28.8 Å². The van der Waals surface area contributed by atoms with Gasteiger partial charge in [-0.15, -0.1) is 6.58 Å². The first kappa shape index (κ1) is 14.2. The zero-order chi connectivity index (χ0) is 10.2. The van der Waals surface area contributed by atoms with Gasteiger partial charge >= 0.3 is 13.3 Å². The molecule has 3 N–H and O–H groups in total. The van der Waals surface area contributed by atoms with E-state index in [9.17, 15) is 4.57 Å². The highest BCUT2D eigenvalue weighted by atomic mass is 35.5. The van der Waals surface area contributed by atoms with Gasteiger partial charge < -0.3 is 14.9 Å². The lowest BCUT2D eigenvalue weighted by atomic mass is 10.7. The van der Waals surface area contributed by atoms with Crippen molar-refractivity contribution >= 4 is 24.9 Å². The van der Waals surface area contributed by atoms with Crippen molar-refractivity contribution in [1.29, 1.82) is 0 Å². The highest BCUT2D eigenvalue weighted by Gasteiger charge is 2.10. The minimum atomic E-state index is -4.25. The van der Waals surface area contributed by atoms with Crippen LogP contribution in [0.5, 0.6) is 0 Å². The Morgan fingerprint density at radius 3 is 2.08 bits per heavy atom. The molecule has 0 aromatic rings. The van der Waals surface area contributed by atoms with Gasteiger partial charge in [-0.2, -0.15) is 0 Å². The summed E-state index contributed by atoms with van der Waals surface area (Å²) in [5, 5.41) is 7.18. The SMILES string of the molecule is C=CCOP(=O)(O)O.O=C(O)Cl. The Morgan fingerprint density at radius 1 is 1.67 bits per heavy atom. The summed E-state index contributed by atoms with van der Waals surface area (Å²) in [5.41, 5.74) is -1.36. The largest absolute Gasteiger partial charge is 0.469 e. The Kier molecular flexibility index (Phi) is 8.57. The van der Waals surface area contributed by atoms with Gasteiger partial charge in [0, 0.05) is 11.6 Å². The summed E-state index contributed by atoms with van der Waals surface area (Å²) in [5.74, 6) is 0. The number of carboxylic acid groups (broad SMARTS) is 1. The first-order chi connectivity index (χ1) is 5.29. The zero-order valence-electron chi connectivity index (χ0n) is 5.88. The summed E-state index contributed by atoms with van der Waals surface area (Å²) in [7, 11) is -4.25. The molecule has 0 saturated carbocycles. The summed E-state index contributed by atoms with van der Waals surface area (Å²) in [6.07, 6.45) is 1.26. The average molecular weight is 219 g/mol. The monoisotopic (exact) mass is 218 g/mol. The fourth-order valence-corrected chi connectivity index (χ4v) is 0.449. The van der Waals surface area contributed by atoms with Crippen LogP contribution >= 0.6 is 19.4 Å². The van der Waals surface area contributed by atoms with Crippen LogP contribution in [0.3, 0.4) is 0 Å². The first-order valence-electron chi connectivity index (χ1n) is 2.49. The zero-order valence-corrected chi connectivity index (χ0v) is 7.53. The third-order valence-corrected chi connectivity index (χ3v) is 0.846. The molecule has 0 aliphatic carbocycles. The lowest BCUT2D eigenvalue weighted by Gasteiger charge is -1.98. The molecule has 12 heavy (non-hydrogen) atoms. The summed E-state index contributed by atoms with van der Waals surface area (Å²) < 4.78 is 13.7. The lowest BCUT2D eigenvalue weighted by Crippen LogP contribution is -1.86. The highest BCUT2D eigenvalue weighted by Crippen LogP contribution is 2.35. The number of hydrogen-bond acceptors (Lipinski definition) is 3. The molecule has 0 atom stereocenters. The van der Waals surface area contributed by atoms with Crippen molar-refractivity contribution in [1.82, 2.24) is 0 Å². The van der Waals surface area contributed by atoms with Crippen LogP contribution in [-0.2, 0) is 9.09 Å². The van der Waals surface area contributed by atoms with Gasteiger partial charge in [0.2, 0.25) is 0 Å². The average Bonchev–Trinajstić information content (AvgIpc) is 1.80. The maximum absolute atomic E-state index is 9.81. The van der Waals surface area contributed by atoms with E-state index in [-0.39, 0.29) is 6.61 Å². The summed E-state index contributed by atoms with van der Waals surface area (Å²) >= 11 is 4.19. The normalized spacial score (nSPS) is 9.58. The molecule has 0 unspecified atom stereocenters. The first-order valence-corrected chi connectivity index (χ1v) is 4.40. The molecule has 0 radical (unpaired) electrons. The lowest BCUT2D eigenvalue weighted by molar-refractivity contribution is 0.215. The van der Waals surface area contributed by atoms with E-state index in [0.29, 0.717) is 0 Å². The number of hydrogen-bond donors (Lipinski definition) is 3. The minimum Gasteiger partial charge on any atom is -0.469 e. The van der Waals surface area contributed by atoms with Crippen LogP contribution in [0.2, 0.25) is 0 Å². The van der Waals surface area contributed by atoms with Gasteiger partial charge in [0.25, 0.3) is 0 Å². The van der Waals surface area contributed by atoms with Gasteiger partial charge in [-0.05, 0) is 0 Å². The van der Waals surface area contributed by atoms with Crippen molar-refractivity contribution in [3.05, 3.63) is 12.7 Å². The summed E-state index contributed by atoms with van der Waals surface area (Å²) in [6, 6.07) is 0. The molecule has 0 aromatic carbocycles. The predicted octanol–water partition coefficient (Wildman–Crippen LogP) is 1.18. The maximum atomic E-state index is 9.81. The van der Waals surface area contributed by atoms with Gasteiger partial charge in [-0.1, -0.05) is 6.08 Å². The van der Waals surface area contributed by atoms with Gasteiger partial charge in [0.05, 0.1) is 6.61 Å². The van der Waals surface area contributed by atoms with Crippen molar-refractivity contribution in [2.24, 2.45) is 0 Å². The summed E-state index contributed by atoms with van der Waals surface area (Å²) in [6.45, 7) is 3.07. The molecule has 0 bridgehead atoms. The Hall–Kier alpha value is -0.390. The molecule has 0 spiro atoms. The van der Waals surface area contributed by atoms with Crippen LogP contribution < -0.4 is 0 Å². The molecule has 72 valence electrons. The number of carbonyl (C=O) groups is 1. The molecule has 0 aliphatic heterocycles. The number of phosphoric ester groups is 1. The van der Waals surface area contributed by atoms with E-state index in [0.717, 1.165) is 0 Å². The van der Waals surface area contributed by atoms with Crippen LogP contribution in [0.1, 0.15) is 0 Å². The second-order valence-corrected chi connectivity index (χ2v) is 2.89. The van der Waals surface area contributed by atoms with Crippen molar-refractivity contribution in [2.75, 3.05) is 6.61 Å². The van der Waals surface area contributed by atoms with Gasteiger partial charge in [-0.25, -0.2) is 9.36 Å². The van der Waals surface area contributed by atoms with E-state index in [1.807, 2.05) is 0 Å². The number of halogens is 1. The second-order valence-electron chi connectivity index (χ2n) is 1.33. The van der Waals surface area contributed by atoms with E-state index in [2.05, 4.69) is 22.7 Å². The topological polar surface area (TPSA) is 104 Å². The maximum Gasteiger partial charge on any atom is 0.469 e. The van der Waals surface area contributed by atoms with Crippen LogP contribution in [-0.4, -0.2) is 26.9 Å². The van der Waals surface area contributed by atoms with Crippen LogP contribution in [0.4, 0.5) is 4.79 Å². The smallest absolute Gasteiger partial charge is 0.469 e. The molecule has 0 rings (SSSR count). The highest BCUT2D eigenvalue weighted by molar-refractivity contribution is 7.46. The van der Waals surface area contributed by atoms with Crippen molar-refractivity contribution in [3.63, 3.8) is 0 Å². The van der Waals surface area contributed by atoms with Gasteiger partial charge in [0.1, 0.15) is 0 Å². The van der Waals surface area contributed by atoms with Crippen LogP contribution in [0.25, 0.3) is 0 Å². The van der Waals surface area contributed by atoms with Crippen LogP contribution in [0, 0.1) is 0 Å². The Balaban J connectivity index is 0. The molecule has 0 heterocycles. The molecule has 0 amide bonds. The molecule has 0 saturated heterocycles. The third kappa shape index (κ3) is 33.5. The van der Waals surface area contributed by atoms with E-state index < -0.39 is 13.3 Å². The Bertz CT molecular complexity index is 182. The Morgan fingerprint density at radius 2 is 2.00 bits per heavy atom. The standard InChI is InChI=1S/C3H7O4P.CHClO2/c1-2-3-7-8(4,5)6;2-1(3)4/h2H,1,3H2,(H2,4,5,6);(H,3,4). The minimum absolute atomic E-state index is 0.121. The molecule has 6 nitrogen and oxygen atoms in total. The van der Waals surface area contributed by atoms with Crippen molar-refractivity contribution in [2.45, 2.75) is 0 Å². The van der Waals surface area contributed by atoms with Gasteiger partial charge in [0.15, 0.2) is 0 Å². The molecule has 0 aromatic heterocycles. The van der Waals surface area contributed by atoms with E-state index >= 15 is 0 Å². The quantitative estimate of drug-likeness (QED) is 0.373. The number of phosphoric acid groups is 1. The summed E-state index contributed by atoms with van der Waals surface area (Å²) in [4.78, 5) is 24.7. The molecule has 0 fully saturated rings. The molecular formula is C4H8ClO6P. The van der Waals surface area contributed by atoms with Crippen LogP contribution in [0.15, 0.2) is 12.7 Å². The molecule has 8 heteroatoms. The fourth-order valence-electron chi connectivity index (χ4n) is 0.150.